The van der Waals surface area contributed by atoms with Crippen LogP contribution in [0.3, 0.4) is 0 Å². The third kappa shape index (κ3) is 5.16. The highest BCUT2D eigenvalue weighted by Gasteiger charge is 2.64. The Bertz CT molecular complexity index is 1880. The van der Waals surface area contributed by atoms with Crippen LogP contribution in [0.25, 0.3) is 17.2 Å². The highest BCUT2D eigenvalue weighted by Crippen LogP contribution is 2.59. The van der Waals surface area contributed by atoms with Crippen molar-refractivity contribution in [1.29, 1.82) is 0 Å². The quantitative estimate of drug-likeness (QED) is 0.307. The molecule has 0 atom stereocenters. The van der Waals surface area contributed by atoms with Gasteiger partial charge in [0.1, 0.15) is 12.2 Å². The first-order valence-electron chi connectivity index (χ1n) is 14.9. The molecule has 7 rings (SSSR count). The van der Waals surface area contributed by atoms with E-state index in [4.69, 9.17) is 21.3 Å². The van der Waals surface area contributed by atoms with E-state index in [0.29, 0.717) is 63.0 Å². The van der Waals surface area contributed by atoms with Crippen molar-refractivity contribution in [2.45, 2.75) is 57.5 Å². The Labute approximate surface area is 261 Å². The molecule has 0 spiro atoms. The minimum Gasteiger partial charge on any atom is -0.372 e. The number of amides is 1. The van der Waals surface area contributed by atoms with E-state index in [0.717, 1.165) is 16.7 Å². The van der Waals surface area contributed by atoms with E-state index in [1.807, 2.05) is 30.0 Å². The minimum atomic E-state index is -4.37. The molecule has 1 amide bonds. The van der Waals surface area contributed by atoms with Crippen LogP contribution in [0.4, 0.5) is 24.5 Å². The van der Waals surface area contributed by atoms with Gasteiger partial charge in [-0.15, -0.1) is 5.10 Å². The van der Waals surface area contributed by atoms with Crippen LogP contribution in [0.5, 0.6) is 0 Å². The molecule has 0 radical (unpaired) electrons. The summed E-state index contributed by atoms with van der Waals surface area (Å²) in [6.07, 6.45) is -3.92. The molecule has 1 saturated heterocycles. The second kappa shape index (κ2) is 11.1. The monoisotopic (exact) mass is 641 g/mol. The molecule has 4 heterocycles. The van der Waals surface area contributed by atoms with Gasteiger partial charge in [-0.05, 0) is 54.2 Å². The van der Waals surface area contributed by atoms with Crippen LogP contribution in [0.15, 0.2) is 41.2 Å². The predicted octanol–water partition coefficient (Wildman–Crippen LogP) is 4.45. The summed E-state index contributed by atoms with van der Waals surface area (Å²) in [6.45, 7) is 5.31. The molecule has 2 N–H and O–H groups in total. The minimum absolute atomic E-state index is 0.00959. The molecule has 4 aromatic rings. The van der Waals surface area contributed by atoms with Crippen molar-refractivity contribution in [3.8, 4) is 11.4 Å². The number of aromatic nitrogens is 4. The molecule has 2 fully saturated rings. The van der Waals surface area contributed by atoms with Crippen molar-refractivity contribution in [2.75, 3.05) is 36.4 Å². The van der Waals surface area contributed by atoms with E-state index in [1.165, 1.54) is 22.7 Å². The van der Waals surface area contributed by atoms with Gasteiger partial charge < -0.3 is 24.8 Å². The summed E-state index contributed by atoms with van der Waals surface area (Å²) < 4.78 is 49.5. The van der Waals surface area contributed by atoms with Crippen molar-refractivity contribution >= 4 is 34.7 Å². The fourth-order valence-corrected chi connectivity index (χ4v) is 6.59. The number of ether oxygens (including phenoxy) is 1. The van der Waals surface area contributed by atoms with Gasteiger partial charge in [0.2, 0.25) is 11.7 Å². The SMILES string of the molecule is CCc1c(N2CCNCC2)c(=O)n2nc(-c3ccc4c(c3)COC4)nc2n1CC(=O)Nc1ccc(C2(C(F)(F)F)CC2)cc1Cl. The molecule has 0 bridgehead atoms. The molecule has 1 saturated carbocycles. The van der Waals surface area contributed by atoms with E-state index in [9.17, 15) is 22.8 Å². The summed E-state index contributed by atoms with van der Waals surface area (Å²) in [7, 11) is 0. The van der Waals surface area contributed by atoms with Crippen LogP contribution in [-0.4, -0.2) is 57.4 Å². The highest BCUT2D eigenvalue weighted by molar-refractivity contribution is 6.33. The van der Waals surface area contributed by atoms with Gasteiger partial charge in [0.05, 0.1) is 35.0 Å². The number of rotatable bonds is 7. The smallest absolute Gasteiger partial charge is 0.372 e. The average Bonchev–Trinajstić information content (AvgIpc) is 3.52. The van der Waals surface area contributed by atoms with Crippen LogP contribution in [0.2, 0.25) is 5.02 Å². The summed E-state index contributed by atoms with van der Waals surface area (Å²) in [5.74, 6) is 0.0695. The maximum atomic E-state index is 14.0. The second-order valence-corrected chi connectivity index (χ2v) is 12.1. The summed E-state index contributed by atoms with van der Waals surface area (Å²) in [4.78, 5) is 34.2. The van der Waals surface area contributed by atoms with E-state index >= 15 is 0 Å². The van der Waals surface area contributed by atoms with Crippen LogP contribution < -0.4 is 21.1 Å². The third-order valence-electron chi connectivity index (χ3n) is 8.96. The summed E-state index contributed by atoms with van der Waals surface area (Å²) in [5, 5.41) is 10.7. The Balaban J connectivity index is 1.26. The van der Waals surface area contributed by atoms with Gasteiger partial charge in [-0.2, -0.15) is 22.7 Å². The van der Waals surface area contributed by atoms with Crippen LogP contribution >= 0.6 is 11.6 Å². The van der Waals surface area contributed by atoms with Crippen LogP contribution in [0.1, 0.15) is 42.1 Å². The number of hydrogen-bond donors (Lipinski definition) is 2. The Morgan fingerprint density at radius 2 is 1.87 bits per heavy atom. The van der Waals surface area contributed by atoms with Gasteiger partial charge >= 0.3 is 6.18 Å². The van der Waals surface area contributed by atoms with Gasteiger partial charge in [-0.25, -0.2) is 0 Å². The van der Waals surface area contributed by atoms with Crippen LogP contribution in [0, 0.1) is 0 Å². The molecule has 0 unspecified atom stereocenters. The van der Waals surface area contributed by atoms with E-state index < -0.39 is 17.5 Å². The number of anilines is 2. The molecule has 10 nitrogen and oxygen atoms in total. The molecule has 1 aliphatic carbocycles. The third-order valence-corrected chi connectivity index (χ3v) is 9.28. The predicted molar refractivity (Wildman–Crippen MR) is 163 cm³/mol. The lowest BCUT2D eigenvalue weighted by molar-refractivity contribution is -0.160. The molecule has 236 valence electrons. The molecule has 2 aliphatic heterocycles. The molecular weight excluding hydrogens is 611 g/mol. The van der Waals surface area contributed by atoms with Crippen molar-refractivity contribution in [3.05, 3.63) is 74.2 Å². The highest BCUT2D eigenvalue weighted by atomic mass is 35.5. The fraction of sp³-hybridized carbons (Fsp3) is 0.419. The molecular formula is C31H31ClF3N7O3. The van der Waals surface area contributed by atoms with Gasteiger partial charge in [-0.3, -0.25) is 9.59 Å². The lowest BCUT2D eigenvalue weighted by Crippen LogP contribution is -2.47. The van der Waals surface area contributed by atoms with Crippen LogP contribution in [-0.2, 0) is 41.1 Å². The number of nitrogens with one attached hydrogen (secondary N) is 2. The number of nitrogens with zero attached hydrogens (tertiary/aromatic N) is 5. The summed E-state index contributed by atoms with van der Waals surface area (Å²) in [6, 6.07) is 9.85. The Morgan fingerprint density at radius 3 is 2.56 bits per heavy atom. The van der Waals surface area contributed by atoms with Gasteiger partial charge in [-0.1, -0.05) is 36.7 Å². The Hall–Kier alpha value is -3.94. The summed E-state index contributed by atoms with van der Waals surface area (Å²) >= 11 is 6.39. The second-order valence-electron chi connectivity index (χ2n) is 11.7. The van der Waals surface area contributed by atoms with Crippen molar-refractivity contribution in [1.82, 2.24) is 24.5 Å². The Kier molecular flexibility index (Phi) is 7.37. The number of carbonyl (C=O) groups is 1. The first-order chi connectivity index (χ1) is 21.6. The van der Waals surface area contributed by atoms with Crippen molar-refractivity contribution in [2.24, 2.45) is 0 Å². The zero-order valence-electron chi connectivity index (χ0n) is 24.5. The topological polar surface area (TPSA) is 106 Å². The standard InChI is InChI=1S/C31H31ClF3N7O3/c1-2-24-26(40-11-9-36-10-12-40)28(44)42-29(38-27(39-42)18-3-4-19-16-45-17-20(19)13-18)41(24)15-25(43)37-23-6-5-21(14-22(23)32)30(7-8-30)31(33,34)35/h3-6,13-14,36H,2,7-12,15-17H2,1H3,(H,37,43). The largest absolute Gasteiger partial charge is 0.398 e. The van der Waals surface area contributed by atoms with Crippen molar-refractivity contribution < 1.29 is 22.7 Å². The lowest BCUT2D eigenvalue weighted by Gasteiger charge is -2.31. The zero-order valence-corrected chi connectivity index (χ0v) is 25.3. The maximum Gasteiger partial charge on any atom is 0.398 e. The first kappa shape index (κ1) is 29.8. The maximum absolute atomic E-state index is 14.0. The van der Waals surface area contributed by atoms with Gasteiger partial charge in [0.25, 0.3) is 5.56 Å². The van der Waals surface area contributed by atoms with Gasteiger partial charge in [0, 0.05) is 31.7 Å². The molecule has 14 heteroatoms. The zero-order chi connectivity index (χ0) is 31.5. The average molecular weight is 642 g/mol. The van der Waals surface area contributed by atoms with E-state index in [2.05, 4.69) is 15.7 Å². The fourth-order valence-electron chi connectivity index (χ4n) is 6.36. The number of piperazine rings is 1. The molecule has 2 aromatic carbocycles. The normalized spacial score (nSPS) is 17.5. The number of benzene rings is 2. The first-order valence-corrected chi connectivity index (χ1v) is 15.3. The number of alkyl halides is 3. The number of fused-ring (bicyclic) bond motifs is 2. The number of halogens is 4. The molecule has 3 aliphatic rings. The van der Waals surface area contributed by atoms with Crippen molar-refractivity contribution in [3.63, 3.8) is 0 Å². The lowest BCUT2D eigenvalue weighted by atomic mass is 9.95. The Morgan fingerprint density at radius 1 is 1.11 bits per heavy atom. The number of hydrogen-bond acceptors (Lipinski definition) is 7. The van der Waals surface area contributed by atoms with Gasteiger partial charge in [0.15, 0.2) is 5.82 Å². The molecule has 2 aromatic heterocycles. The van der Waals surface area contributed by atoms with E-state index in [1.54, 1.807) is 4.57 Å². The van der Waals surface area contributed by atoms with E-state index in [-0.39, 0.29) is 47.0 Å². The molecule has 45 heavy (non-hydrogen) atoms. The number of carbonyl (C=O) groups excluding carboxylic acids is 1. The summed E-state index contributed by atoms with van der Waals surface area (Å²) in [5.41, 5.74) is 2.02.